The van der Waals surface area contributed by atoms with Gasteiger partial charge in [-0.15, -0.1) is 0 Å². The van der Waals surface area contributed by atoms with Gasteiger partial charge in [0, 0.05) is 5.69 Å². The maximum absolute atomic E-state index is 12.3. The summed E-state index contributed by atoms with van der Waals surface area (Å²) in [7, 11) is 0. The van der Waals surface area contributed by atoms with E-state index in [9.17, 15) is 13.2 Å². The van der Waals surface area contributed by atoms with Crippen LogP contribution in [-0.4, -0.2) is 23.3 Å². The average Bonchev–Trinajstić information content (AvgIpc) is 2.67. The summed E-state index contributed by atoms with van der Waals surface area (Å²) >= 11 is 0. The van der Waals surface area contributed by atoms with Crippen LogP contribution in [0.4, 0.5) is 13.2 Å². The summed E-state index contributed by atoms with van der Waals surface area (Å²) in [5.74, 6) is 0.412. The van der Waals surface area contributed by atoms with Crippen LogP contribution >= 0.6 is 0 Å². The Hall–Kier alpha value is -1.04. The number of H-pyrrole nitrogens is 1. The molecule has 6 heteroatoms. The van der Waals surface area contributed by atoms with E-state index in [1.165, 1.54) is 0 Å². The monoisotopic (exact) mass is 233 g/mol. The summed E-state index contributed by atoms with van der Waals surface area (Å²) in [6.07, 6.45) is -1.56. The van der Waals surface area contributed by atoms with Crippen molar-refractivity contribution >= 4 is 0 Å². The Balaban J connectivity index is 1.97. The molecule has 3 nitrogen and oxygen atoms in total. The van der Waals surface area contributed by atoms with Crippen LogP contribution in [0.25, 0.3) is 0 Å². The molecule has 0 radical (unpaired) electrons. The summed E-state index contributed by atoms with van der Waals surface area (Å²) < 4.78 is 36.9. The molecule has 1 aromatic heterocycles. The predicted octanol–water partition coefficient (Wildman–Crippen LogP) is 1.97. The van der Waals surface area contributed by atoms with Crippen molar-refractivity contribution in [2.24, 2.45) is 5.92 Å². The highest BCUT2D eigenvalue weighted by Gasteiger charge is 2.33. The van der Waals surface area contributed by atoms with Crippen LogP contribution in [0.5, 0.6) is 0 Å². The first-order chi connectivity index (χ1) is 7.55. The minimum Gasteiger partial charge on any atom is -0.316 e. The molecule has 0 spiro atoms. The van der Waals surface area contributed by atoms with Gasteiger partial charge >= 0.3 is 6.18 Å². The quantitative estimate of drug-likeness (QED) is 0.820. The van der Waals surface area contributed by atoms with Gasteiger partial charge in [-0.2, -0.15) is 18.3 Å². The Kier molecular flexibility index (Phi) is 3.18. The van der Waals surface area contributed by atoms with Gasteiger partial charge in [0.05, 0.1) is 0 Å². The molecule has 1 fully saturated rings. The number of aromatic nitrogens is 2. The van der Waals surface area contributed by atoms with Gasteiger partial charge in [-0.1, -0.05) is 0 Å². The van der Waals surface area contributed by atoms with Crippen LogP contribution in [0.2, 0.25) is 0 Å². The van der Waals surface area contributed by atoms with Crippen molar-refractivity contribution in [1.29, 1.82) is 0 Å². The summed E-state index contributed by atoms with van der Waals surface area (Å²) in [6.45, 7) is 1.88. The van der Waals surface area contributed by atoms with Gasteiger partial charge in [-0.05, 0) is 44.3 Å². The van der Waals surface area contributed by atoms with Gasteiger partial charge in [-0.25, -0.2) is 0 Å². The largest absolute Gasteiger partial charge is 0.435 e. The molecule has 90 valence electrons. The van der Waals surface area contributed by atoms with E-state index < -0.39 is 11.9 Å². The maximum Gasteiger partial charge on any atom is 0.435 e. The van der Waals surface area contributed by atoms with Gasteiger partial charge in [0.1, 0.15) is 0 Å². The Morgan fingerprint density at radius 1 is 1.44 bits per heavy atom. The topological polar surface area (TPSA) is 40.7 Å². The van der Waals surface area contributed by atoms with Crippen molar-refractivity contribution in [3.05, 3.63) is 17.5 Å². The minimum atomic E-state index is -4.35. The smallest absolute Gasteiger partial charge is 0.316 e. The van der Waals surface area contributed by atoms with Gasteiger partial charge in [0.2, 0.25) is 0 Å². The molecular weight excluding hydrogens is 219 g/mol. The van der Waals surface area contributed by atoms with Crippen LogP contribution in [0, 0.1) is 5.92 Å². The van der Waals surface area contributed by atoms with E-state index in [0.29, 0.717) is 18.0 Å². The molecule has 16 heavy (non-hydrogen) atoms. The lowest BCUT2D eigenvalue weighted by Crippen LogP contribution is -2.30. The van der Waals surface area contributed by atoms with Crippen LogP contribution in [0.1, 0.15) is 24.2 Å². The zero-order chi connectivity index (χ0) is 11.6. The maximum atomic E-state index is 12.3. The van der Waals surface area contributed by atoms with E-state index in [2.05, 4.69) is 15.5 Å². The number of hydrogen-bond acceptors (Lipinski definition) is 2. The van der Waals surface area contributed by atoms with Crippen molar-refractivity contribution in [3.63, 3.8) is 0 Å². The Morgan fingerprint density at radius 2 is 2.25 bits per heavy atom. The zero-order valence-electron chi connectivity index (χ0n) is 8.77. The fraction of sp³-hybridized carbons (Fsp3) is 0.700. The Labute approximate surface area is 91.4 Å². The summed E-state index contributed by atoms with van der Waals surface area (Å²) in [4.78, 5) is 0. The highest BCUT2D eigenvalue weighted by atomic mass is 19.4. The molecule has 0 bridgehead atoms. The van der Waals surface area contributed by atoms with E-state index in [1.54, 1.807) is 0 Å². The highest BCUT2D eigenvalue weighted by molar-refractivity contribution is 5.12. The standard InChI is InChI=1S/C10H14F3N3/c11-10(12,13)9-5-8(15-16-9)4-7-2-1-3-14-6-7/h5,7,14H,1-4,6H2,(H,15,16). The molecule has 0 aliphatic carbocycles. The van der Waals surface area contributed by atoms with Crippen LogP contribution in [0.15, 0.2) is 6.07 Å². The van der Waals surface area contributed by atoms with Crippen molar-refractivity contribution < 1.29 is 13.2 Å². The summed E-state index contributed by atoms with van der Waals surface area (Å²) in [5, 5.41) is 8.98. The lowest BCUT2D eigenvalue weighted by Gasteiger charge is -2.21. The number of nitrogens with one attached hydrogen (secondary N) is 2. The summed E-state index contributed by atoms with van der Waals surface area (Å²) in [6, 6.07) is 1.11. The molecule has 1 atom stereocenters. The number of alkyl halides is 3. The van der Waals surface area contributed by atoms with Gasteiger partial charge < -0.3 is 5.32 Å². The minimum absolute atomic E-state index is 0.412. The lowest BCUT2D eigenvalue weighted by molar-refractivity contribution is -0.141. The number of aromatic amines is 1. The average molecular weight is 233 g/mol. The molecule has 2 rings (SSSR count). The summed E-state index contributed by atoms with van der Waals surface area (Å²) in [5.41, 5.74) is -0.257. The van der Waals surface area contributed by atoms with E-state index in [4.69, 9.17) is 0 Å². The van der Waals surface area contributed by atoms with E-state index in [0.717, 1.165) is 32.0 Å². The highest BCUT2D eigenvalue weighted by Crippen LogP contribution is 2.28. The normalized spacial score (nSPS) is 22.3. The SMILES string of the molecule is FC(F)(F)c1cc(CC2CCCNC2)[nH]n1. The zero-order valence-corrected chi connectivity index (χ0v) is 8.77. The molecule has 1 saturated heterocycles. The van der Waals surface area contributed by atoms with Crippen LogP contribution in [0.3, 0.4) is 0 Å². The molecule has 1 aliphatic heterocycles. The van der Waals surface area contributed by atoms with Gasteiger partial charge in [0.15, 0.2) is 5.69 Å². The third-order valence-electron chi connectivity index (χ3n) is 2.83. The Morgan fingerprint density at radius 3 is 2.81 bits per heavy atom. The molecule has 0 saturated carbocycles. The predicted molar refractivity (Wildman–Crippen MR) is 52.9 cm³/mol. The van der Waals surface area contributed by atoms with Crippen molar-refractivity contribution in [2.75, 3.05) is 13.1 Å². The first-order valence-corrected chi connectivity index (χ1v) is 5.38. The van der Waals surface area contributed by atoms with Crippen molar-refractivity contribution in [3.8, 4) is 0 Å². The third kappa shape index (κ3) is 2.75. The fourth-order valence-corrected chi connectivity index (χ4v) is 2.02. The molecule has 0 amide bonds. The van der Waals surface area contributed by atoms with Crippen LogP contribution < -0.4 is 5.32 Å². The second-order valence-corrected chi connectivity index (χ2v) is 4.19. The molecule has 1 unspecified atom stereocenters. The molecule has 2 heterocycles. The van der Waals surface area contributed by atoms with E-state index >= 15 is 0 Å². The third-order valence-corrected chi connectivity index (χ3v) is 2.83. The molecular formula is C10H14F3N3. The lowest BCUT2D eigenvalue weighted by atomic mass is 9.95. The number of halogens is 3. The number of hydrogen-bond donors (Lipinski definition) is 2. The fourth-order valence-electron chi connectivity index (χ4n) is 2.02. The first-order valence-electron chi connectivity index (χ1n) is 5.38. The number of rotatable bonds is 2. The van der Waals surface area contributed by atoms with Crippen LogP contribution in [-0.2, 0) is 12.6 Å². The molecule has 1 aliphatic rings. The van der Waals surface area contributed by atoms with Gasteiger partial charge in [0.25, 0.3) is 0 Å². The van der Waals surface area contributed by atoms with Crippen molar-refractivity contribution in [1.82, 2.24) is 15.5 Å². The van der Waals surface area contributed by atoms with E-state index in [-0.39, 0.29) is 0 Å². The Bertz CT molecular complexity index is 339. The van der Waals surface area contributed by atoms with Crippen molar-refractivity contribution in [2.45, 2.75) is 25.4 Å². The number of piperidine rings is 1. The molecule has 1 aromatic rings. The van der Waals surface area contributed by atoms with Gasteiger partial charge in [-0.3, -0.25) is 5.10 Å². The second-order valence-electron chi connectivity index (χ2n) is 4.19. The molecule has 0 aromatic carbocycles. The number of nitrogens with zero attached hydrogens (tertiary/aromatic N) is 1. The molecule has 2 N–H and O–H groups in total. The first kappa shape index (κ1) is 11.4. The second kappa shape index (κ2) is 4.45. The van der Waals surface area contributed by atoms with E-state index in [1.807, 2.05) is 0 Å².